The lowest BCUT2D eigenvalue weighted by atomic mass is 10.2. The van der Waals surface area contributed by atoms with Crippen LogP contribution in [0.25, 0.3) is 20.8 Å². The monoisotopic (exact) mass is 377 g/mol. The van der Waals surface area contributed by atoms with Gasteiger partial charge in [-0.3, -0.25) is 4.79 Å². The number of anilines is 1. The molecule has 2 aromatic heterocycles. The molecule has 0 fully saturated rings. The van der Waals surface area contributed by atoms with E-state index in [4.69, 9.17) is 4.42 Å². The number of carbonyl (C=O) groups is 1. The Morgan fingerprint density at radius 2 is 1.93 bits per heavy atom. The number of benzene rings is 2. The van der Waals surface area contributed by atoms with E-state index in [9.17, 15) is 4.79 Å². The van der Waals surface area contributed by atoms with E-state index in [-0.39, 0.29) is 11.9 Å². The number of nitrogens with one attached hydrogen (secondary N) is 2. The largest absolute Gasteiger partial charge is 0.467 e. The fraction of sp³-hybridized carbons (Fsp3) is 0.143. The highest BCUT2D eigenvalue weighted by atomic mass is 32.1. The minimum absolute atomic E-state index is 0.0818. The zero-order chi connectivity index (χ0) is 18.6. The van der Waals surface area contributed by atoms with E-state index < -0.39 is 0 Å². The average Bonchev–Trinajstić information content (AvgIpc) is 3.36. The minimum Gasteiger partial charge on any atom is -0.467 e. The van der Waals surface area contributed by atoms with Crippen LogP contribution < -0.4 is 10.6 Å². The van der Waals surface area contributed by atoms with Gasteiger partial charge in [0.05, 0.1) is 23.0 Å². The summed E-state index contributed by atoms with van der Waals surface area (Å²) in [7, 11) is 0. The first-order valence-corrected chi connectivity index (χ1v) is 9.53. The highest BCUT2D eigenvalue weighted by molar-refractivity contribution is 7.21. The number of carbonyl (C=O) groups excluding carboxylic acids is 1. The van der Waals surface area contributed by atoms with Gasteiger partial charge in [0.2, 0.25) is 5.91 Å². The van der Waals surface area contributed by atoms with Crippen molar-refractivity contribution in [3.63, 3.8) is 0 Å². The number of fused-ring (bicyclic) bond motifs is 1. The van der Waals surface area contributed by atoms with Gasteiger partial charge in [-0.25, -0.2) is 4.98 Å². The molecular formula is C21H19N3O2S. The van der Waals surface area contributed by atoms with Crippen molar-refractivity contribution < 1.29 is 9.21 Å². The molecule has 0 radical (unpaired) electrons. The summed E-state index contributed by atoms with van der Waals surface area (Å²) in [5.74, 6) is 0.650. The molecule has 27 heavy (non-hydrogen) atoms. The van der Waals surface area contributed by atoms with E-state index >= 15 is 0 Å². The number of thiazole rings is 1. The lowest BCUT2D eigenvalue weighted by Gasteiger charge is -2.15. The van der Waals surface area contributed by atoms with Gasteiger partial charge in [0, 0.05) is 11.3 Å². The van der Waals surface area contributed by atoms with Gasteiger partial charge in [-0.15, -0.1) is 11.3 Å². The zero-order valence-corrected chi connectivity index (χ0v) is 15.6. The van der Waals surface area contributed by atoms with Gasteiger partial charge in [0.1, 0.15) is 16.8 Å². The first-order valence-electron chi connectivity index (χ1n) is 8.72. The van der Waals surface area contributed by atoms with Crippen molar-refractivity contribution in [2.24, 2.45) is 0 Å². The smallest absolute Gasteiger partial charge is 0.242 e. The molecule has 4 aromatic rings. The predicted octanol–water partition coefficient (Wildman–Crippen LogP) is 4.67. The Balaban J connectivity index is 1.39. The summed E-state index contributed by atoms with van der Waals surface area (Å²) < 4.78 is 6.40. The van der Waals surface area contributed by atoms with Crippen LogP contribution in [0, 0.1) is 0 Å². The number of furan rings is 1. The van der Waals surface area contributed by atoms with Gasteiger partial charge in [-0.2, -0.15) is 0 Å². The molecule has 5 nitrogen and oxygen atoms in total. The topological polar surface area (TPSA) is 67.2 Å². The third-order valence-electron chi connectivity index (χ3n) is 4.22. The summed E-state index contributed by atoms with van der Waals surface area (Å²) in [5, 5.41) is 7.06. The van der Waals surface area contributed by atoms with E-state index in [1.165, 1.54) is 4.70 Å². The Bertz CT molecular complexity index is 1010. The third-order valence-corrected chi connectivity index (χ3v) is 5.30. The molecule has 0 aliphatic rings. The maximum Gasteiger partial charge on any atom is 0.242 e. The summed E-state index contributed by atoms with van der Waals surface area (Å²) in [5.41, 5.74) is 2.97. The minimum atomic E-state index is -0.353. The lowest BCUT2D eigenvalue weighted by molar-refractivity contribution is -0.121. The highest BCUT2D eigenvalue weighted by Gasteiger charge is 2.13. The second kappa shape index (κ2) is 7.63. The predicted molar refractivity (Wildman–Crippen MR) is 109 cm³/mol. The van der Waals surface area contributed by atoms with Gasteiger partial charge in [0.25, 0.3) is 0 Å². The van der Waals surface area contributed by atoms with Crippen LogP contribution in [0.15, 0.2) is 71.3 Å². The molecule has 0 saturated heterocycles. The first kappa shape index (κ1) is 17.3. The van der Waals surface area contributed by atoms with Crippen LogP contribution in [0.3, 0.4) is 0 Å². The van der Waals surface area contributed by atoms with Gasteiger partial charge in [-0.1, -0.05) is 12.1 Å². The van der Waals surface area contributed by atoms with E-state index in [0.717, 1.165) is 27.5 Å². The van der Waals surface area contributed by atoms with Crippen LogP contribution in [0.5, 0.6) is 0 Å². The van der Waals surface area contributed by atoms with Crippen LogP contribution >= 0.6 is 11.3 Å². The number of rotatable bonds is 6. The van der Waals surface area contributed by atoms with Crippen molar-refractivity contribution in [3.8, 4) is 10.6 Å². The van der Waals surface area contributed by atoms with Crippen LogP contribution in [0.2, 0.25) is 0 Å². The molecule has 1 unspecified atom stereocenters. The van der Waals surface area contributed by atoms with Crippen molar-refractivity contribution in [3.05, 3.63) is 72.7 Å². The Labute approximate surface area is 161 Å². The second-order valence-corrected chi connectivity index (χ2v) is 7.26. The van der Waals surface area contributed by atoms with Crippen molar-refractivity contribution in [1.29, 1.82) is 0 Å². The maximum absolute atomic E-state index is 12.2. The molecule has 0 spiro atoms. The molecule has 2 N–H and O–H groups in total. The Morgan fingerprint density at radius 1 is 1.11 bits per heavy atom. The quantitative estimate of drug-likeness (QED) is 0.512. The molecule has 0 aliphatic heterocycles. The summed E-state index contributed by atoms with van der Waals surface area (Å²) in [6.07, 6.45) is 1.59. The first-order chi connectivity index (χ1) is 13.2. The van der Waals surface area contributed by atoms with E-state index in [2.05, 4.69) is 21.7 Å². The van der Waals surface area contributed by atoms with Crippen molar-refractivity contribution >= 4 is 33.1 Å². The fourth-order valence-electron chi connectivity index (χ4n) is 2.76. The van der Waals surface area contributed by atoms with Crippen molar-refractivity contribution in [2.75, 3.05) is 5.32 Å². The van der Waals surface area contributed by atoms with Crippen molar-refractivity contribution in [2.45, 2.75) is 19.5 Å². The van der Waals surface area contributed by atoms with E-state index in [1.807, 2.05) is 55.5 Å². The summed E-state index contributed by atoms with van der Waals surface area (Å²) in [4.78, 5) is 16.9. The molecule has 4 rings (SSSR count). The number of amides is 1. The van der Waals surface area contributed by atoms with Gasteiger partial charge in [0.15, 0.2) is 0 Å². The Hall–Kier alpha value is -3.12. The molecule has 1 atom stereocenters. The van der Waals surface area contributed by atoms with Crippen LogP contribution in [-0.4, -0.2) is 16.9 Å². The normalized spacial score (nSPS) is 12.0. The number of hydrogen-bond acceptors (Lipinski definition) is 5. The van der Waals surface area contributed by atoms with Crippen LogP contribution in [0.4, 0.5) is 5.69 Å². The summed E-state index contributed by atoms with van der Waals surface area (Å²) >= 11 is 1.68. The molecule has 0 aliphatic carbocycles. The number of nitrogens with zero attached hydrogens (tertiary/aromatic N) is 1. The molecule has 0 saturated carbocycles. The second-order valence-electron chi connectivity index (χ2n) is 6.23. The van der Waals surface area contributed by atoms with Crippen molar-refractivity contribution in [1.82, 2.24) is 10.3 Å². The number of para-hydroxylation sites is 1. The van der Waals surface area contributed by atoms with Crippen LogP contribution in [0.1, 0.15) is 12.7 Å². The number of hydrogen-bond donors (Lipinski definition) is 2. The van der Waals surface area contributed by atoms with Gasteiger partial charge in [-0.05, 0) is 55.5 Å². The molecule has 136 valence electrons. The van der Waals surface area contributed by atoms with E-state index in [0.29, 0.717) is 6.54 Å². The fourth-order valence-corrected chi connectivity index (χ4v) is 3.73. The molecular weight excluding hydrogens is 358 g/mol. The molecule has 2 heterocycles. The highest BCUT2D eigenvalue weighted by Crippen LogP contribution is 2.30. The third kappa shape index (κ3) is 4.01. The van der Waals surface area contributed by atoms with Gasteiger partial charge < -0.3 is 15.1 Å². The van der Waals surface area contributed by atoms with E-state index in [1.54, 1.807) is 23.7 Å². The zero-order valence-electron chi connectivity index (χ0n) is 14.8. The van der Waals surface area contributed by atoms with Gasteiger partial charge >= 0.3 is 0 Å². The lowest BCUT2D eigenvalue weighted by Crippen LogP contribution is -2.37. The Kier molecular flexibility index (Phi) is 4.89. The van der Waals surface area contributed by atoms with Crippen LogP contribution in [-0.2, 0) is 11.3 Å². The standard InChI is InChI=1S/C21H19N3O2S/c1-14(20(25)22-13-17-5-4-12-26-17)23-16-10-8-15(9-11-16)21-24-18-6-2-3-7-19(18)27-21/h2-12,14,23H,13H2,1H3,(H,22,25). The average molecular weight is 377 g/mol. The molecule has 2 aromatic carbocycles. The molecule has 6 heteroatoms. The molecule has 0 bridgehead atoms. The maximum atomic E-state index is 12.2. The number of aromatic nitrogens is 1. The summed E-state index contributed by atoms with van der Waals surface area (Å²) in [6, 6.07) is 19.4. The Morgan fingerprint density at radius 3 is 2.67 bits per heavy atom. The molecule has 1 amide bonds. The summed E-state index contributed by atoms with van der Waals surface area (Å²) in [6.45, 7) is 2.22. The SMILES string of the molecule is CC(Nc1ccc(-c2nc3ccccc3s2)cc1)C(=O)NCc1ccco1.